The first-order valence-corrected chi connectivity index (χ1v) is 44.3. The molecule has 2 unspecified atom stereocenters. The van der Waals surface area contributed by atoms with Gasteiger partial charge in [0.25, 0.3) is 0 Å². The van der Waals surface area contributed by atoms with E-state index in [0.717, 1.165) is 128 Å². The van der Waals surface area contributed by atoms with E-state index in [2.05, 4.69) is 456 Å². The lowest BCUT2D eigenvalue weighted by molar-refractivity contribution is 0.669. The molecule has 0 N–H and O–H groups in total. The minimum Gasteiger partial charge on any atom is -0.456 e. The zero-order chi connectivity index (χ0) is 83.6. The van der Waals surface area contributed by atoms with Gasteiger partial charge in [-0.1, -0.05) is 334 Å². The second-order valence-corrected chi connectivity index (χ2v) is 34.7. The van der Waals surface area contributed by atoms with E-state index in [-0.39, 0.29) is 0 Å². The summed E-state index contributed by atoms with van der Waals surface area (Å²) in [6.45, 7) is 0. The van der Waals surface area contributed by atoms with E-state index in [1.165, 1.54) is 127 Å². The summed E-state index contributed by atoms with van der Waals surface area (Å²) in [6, 6.07) is 167. The van der Waals surface area contributed by atoms with Gasteiger partial charge in [0.2, 0.25) is 0 Å². The smallest absolute Gasteiger partial charge is 0.143 e. The number of benzene rings is 20. The molecular weight excluding hydrogens is 1550 g/mol. The van der Waals surface area contributed by atoms with Crippen molar-refractivity contribution in [3.05, 3.63) is 493 Å². The molecule has 0 fully saturated rings. The van der Waals surface area contributed by atoms with Crippen LogP contribution in [0.15, 0.2) is 458 Å². The molecule has 6 heterocycles. The average Bonchev–Trinajstić information content (AvgIpc) is 1.50. The molecule has 4 aromatic heterocycles. The first-order chi connectivity index (χ1) is 63.5. The topological polar surface area (TPSA) is 42.6 Å². The first-order valence-electron chi connectivity index (χ1n) is 44.3. The lowest BCUT2D eigenvalue weighted by Gasteiger charge is -2.39. The Hall–Kier alpha value is -16.8. The standard InChI is InChI=1S/C122H74N4O2/c1-2-28-80(29-3-1)124(83-70-63-77(64-71-83)89-40-21-42-95-93-34-8-18-56-112(93)128-120(89)95)107-51-14-6-31-85(107)79-65-72-91-90-32-4-10-44-99(90)122(106(91)74-79)102-47-13-17-54-110(102)126-111-55-25-38-86(116(111)98-43-24-50-105(122)119(98)126)75-59-66-81(67-60-75)123(82-68-61-76(62-69-82)87-39-26-58-114-117(87)97-36-9-19-57-113(97)127-114)84-30-20-27-78(73-84)88-37-22-48-103-115(88)96-35-5-11-45-100(96)121(103)101-46-12-16-53-109(101)125-108-52-15-7-33-92(108)94-41-23-49-104(121)118(94)125/h1-74H. The number of hydrogen-bond donors (Lipinski definition) is 0. The molecule has 0 saturated heterocycles. The maximum atomic E-state index is 6.59. The van der Waals surface area contributed by atoms with Gasteiger partial charge in [0, 0.05) is 82.7 Å². The Morgan fingerprint density at radius 2 is 0.633 bits per heavy atom. The molecule has 6 heteroatoms. The van der Waals surface area contributed by atoms with Gasteiger partial charge in [0.1, 0.15) is 22.3 Å². The van der Waals surface area contributed by atoms with Crippen LogP contribution in [0.3, 0.4) is 0 Å². The second kappa shape index (κ2) is 26.9. The van der Waals surface area contributed by atoms with Gasteiger partial charge in [0.15, 0.2) is 0 Å². The summed E-state index contributed by atoms with van der Waals surface area (Å²) < 4.78 is 18.2. The normalized spacial score (nSPS) is 14.8. The summed E-state index contributed by atoms with van der Waals surface area (Å²) >= 11 is 0. The van der Waals surface area contributed by atoms with E-state index in [9.17, 15) is 0 Å². The van der Waals surface area contributed by atoms with Crippen LogP contribution in [-0.2, 0) is 10.8 Å². The molecule has 2 spiro atoms. The van der Waals surface area contributed by atoms with Crippen molar-refractivity contribution >= 4 is 122 Å². The molecular formula is C122H74N4O2. The Balaban J connectivity index is 0.584. The van der Waals surface area contributed by atoms with Gasteiger partial charge < -0.3 is 27.8 Å². The molecule has 594 valence electrons. The molecule has 2 aliphatic heterocycles. The number of fused-ring (bicyclic) bond motifs is 30. The van der Waals surface area contributed by atoms with E-state index in [1.54, 1.807) is 0 Å². The molecule has 0 bridgehead atoms. The van der Waals surface area contributed by atoms with Crippen LogP contribution >= 0.6 is 0 Å². The van der Waals surface area contributed by atoms with E-state index in [4.69, 9.17) is 8.83 Å². The van der Waals surface area contributed by atoms with Crippen LogP contribution in [0.25, 0.3) is 177 Å². The van der Waals surface area contributed by atoms with E-state index < -0.39 is 10.8 Å². The van der Waals surface area contributed by atoms with Crippen molar-refractivity contribution in [3.63, 3.8) is 0 Å². The maximum Gasteiger partial charge on any atom is 0.143 e. The fraction of sp³-hybridized carbons (Fsp3) is 0.0164. The monoisotopic (exact) mass is 1630 g/mol. The molecule has 20 aromatic carbocycles. The average molecular weight is 1630 g/mol. The van der Waals surface area contributed by atoms with Crippen molar-refractivity contribution in [2.75, 3.05) is 9.80 Å². The second-order valence-electron chi connectivity index (χ2n) is 34.7. The van der Waals surface area contributed by atoms with Crippen LogP contribution in [0.2, 0.25) is 0 Å². The predicted molar refractivity (Wildman–Crippen MR) is 528 cm³/mol. The predicted octanol–water partition coefficient (Wildman–Crippen LogP) is 32.3. The number of anilines is 6. The van der Waals surface area contributed by atoms with Crippen molar-refractivity contribution in [1.82, 2.24) is 9.13 Å². The van der Waals surface area contributed by atoms with E-state index in [1.807, 2.05) is 12.1 Å². The van der Waals surface area contributed by atoms with Gasteiger partial charge in [-0.2, -0.15) is 0 Å². The summed E-state index contributed by atoms with van der Waals surface area (Å²) in [5.41, 5.74) is 42.4. The van der Waals surface area contributed by atoms with Crippen molar-refractivity contribution in [3.8, 4) is 89.3 Å². The third-order valence-electron chi connectivity index (χ3n) is 28.5. The Morgan fingerprint density at radius 3 is 1.38 bits per heavy atom. The van der Waals surface area contributed by atoms with Gasteiger partial charge in [0.05, 0.1) is 50.0 Å². The minimum atomic E-state index is -0.704. The third-order valence-corrected chi connectivity index (χ3v) is 28.5. The number of furan rings is 2. The molecule has 128 heavy (non-hydrogen) atoms. The largest absolute Gasteiger partial charge is 0.456 e. The highest BCUT2D eigenvalue weighted by Crippen LogP contribution is 2.65. The summed E-state index contributed by atoms with van der Waals surface area (Å²) in [6.07, 6.45) is 0. The van der Waals surface area contributed by atoms with Gasteiger partial charge in [-0.25, -0.2) is 0 Å². The van der Waals surface area contributed by atoms with Crippen molar-refractivity contribution in [2.45, 2.75) is 10.8 Å². The molecule has 2 aliphatic carbocycles. The van der Waals surface area contributed by atoms with Gasteiger partial charge >= 0.3 is 0 Å². The minimum absolute atomic E-state index is 0.596. The fourth-order valence-electron chi connectivity index (χ4n) is 23.5. The molecule has 24 aromatic rings. The summed E-state index contributed by atoms with van der Waals surface area (Å²) in [5.74, 6) is 0. The molecule has 0 amide bonds. The number of para-hydroxylation sites is 10. The summed E-state index contributed by atoms with van der Waals surface area (Å²) in [7, 11) is 0. The van der Waals surface area contributed by atoms with E-state index >= 15 is 0 Å². The lowest BCUT2D eigenvalue weighted by Crippen LogP contribution is -2.33. The lowest BCUT2D eigenvalue weighted by atomic mass is 9.65. The summed E-state index contributed by atoms with van der Waals surface area (Å²) in [4.78, 5) is 4.86. The quantitative estimate of drug-likeness (QED) is 0.129. The highest BCUT2D eigenvalue weighted by atomic mass is 16.3. The van der Waals surface area contributed by atoms with Crippen LogP contribution < -0.4 is 9.80 Å². The zero-order valence-corrected chi connectivity index (χ0v) is 69.3. The number of aromatic nitrogens is 2. The van der Waals surface area contributed by atoms with Gasteiger partial charge in [-0.05, 0) is 227 Å². The van der Waals surface area contributed by atoms with Gasteiger partial charge in [-0.3, -0.25) is 0 Å². The zero-order valence-electron chi connectivity index (χ0n) is 69.3. The van der Waals surface area contributed by atoms with Gasteiger partial charge in [-0.15, -0.1) is 0 Å². The Bertz CT molecular complexity index is 8850. The Labute approximate surface area is 737 Å². The van der Waals surface area contributed by atoms with Crippen LogP contribution in [-0.4, -0.2) is 9.13 Å². The Morgan fingerprint density at radius 1 is 0.203 bits per heavy atom. The highest BCUT2D eigenvalue weighted by molar-refractivity contribution is 6.20. The van der Waals surface area contributed by atoms with Crippen LogP contribution in [0.1, 0.15) is 44.5 Å². The molecule has 4 aliphatic rings. The van der Waals surface area contributed by atoms with Crippen molar-refractivity contribution in [1.29, 1.82) is 0 Å². The highest BCUT2D eigenvalue weighted by Gasteiger charge is 2.53. The molecule has 0 saturated carbocycles. The van der Waals surface area contributed by atoms with Crippen molar-refractivity contribution < 1.29 is 8.83 Å². The fourth-order valence-corrected chi connectivity index (χ4v) is 23.5. The first kappa shape index (κ1) is 70.7. The number of hydrogen-bond acceptors (Lipinski definition) is 4. The Kier molecular flexibility index (Phi) is 14.8. The van der Waals surface area contributed by atoms with Crippen LogP contribution in [0.5, 0.6) is 0 Å². The van der Waals surface area contributed by atoms with Crippen LogP contribution in [0, 0.1) is 0 Å². The van der Waals surface area contributed by atoms with Crippen LogP contribution in [0.4, 0.5) is 34.1 Å². The maximum absolute atomic E-state index is 6.59. The molecule has 0 radical (unpaired) electrons. The third kappa shape index (κ3) is 9.64. The molecule has 6 nitrogen and oxygen atoms in total. The number of rotatable bonds is 11. The SMILES string of the molecule is c1ccc(N(c2ccc(-c3cccc4c3oc3ccccc34)cc2)c2ccccc2-c2ccc3c(c2)C2(c4ccccc4-3)c3ccccc3-n3c4cccc(-c5ccc(N(c6ccc(-c7cccc8oc9ccccc9c78)cc6)c6cccc(-c7cccc8c7-c7ccccc7C87c8ccccc8-n8c9ccccc9c9cccc7c98)c6)cc5)c4c4cccc2c43)cc1. The molecule has 28 rings (SSSR count). The summed E-state index contributed by atoms with van der Waals surface area (Å²) in [5, 5.41) is 9.42. The number of nitrogens with zero attached hydrogens (tertiary/aromatic N) is 4. The van der Waals surface area contributed by atoms with E-state index in [0.29, 0.717) is 0 Å². The molecule has 2 atom stereocenters. The van der Waals surface area contributed by atoms with Crippen molar-refractivity contribution in [2.24, 2.45) is 0 Å².